The molecular weight excluding hydrogens is 143 g/mol. The Morgan fingerprint density at radius 1 is 1.40 bits per heavy atom. The van der Waals surface area contributed by atoms with Gasteiger partial charge < -0.3 is 5.02 Å². The maximum Gasteiger partial charge on any atom is 0.394 e. The van der Waals surface area contributed by atoms with Crippen LogP contribution in [0.25, 0.3) is 0 Å². The summed E-state index contributed by atoms with van der Waals surface area (Å²) >= 11 is 1.58. The number of rotatable bonds is 0. The van der Waals surface area contributed by atoms with E-state index >= 15 is 0 Å². The molecule has 0 saturated carbocycles. The molecule has 3 heteroatoms. The Hall–Kier alpha value is -0.405. The molecule has 50 valence electrons. The number of fused-ring (bicyclic) bond motifs is 1. The molecule has 0 amide bonds. The molecule has 1 nitrogen and oxygen atoms in total. The third-order valence-corrected chi connectivity index (χ3v) is 2.77. The summed E-state index contributed by atoms with van der Waals surface area (Å²) in [6.45, 7) is 0. The van der Waals surface area contributed by atoms with E-state index in [2.05, 4.69) is 6.07 Å². The Morgan fingerprint density at radius 3 is 3.00 bits per heavy atom. The average Bonchev–Trinajstić information content (AvgIpc) is 2.34. The highest BCUT2D eigenvalue weighted by Crippen LogP contribution is 2.20. The Labute approximate surface area is 64.5 Å². The van der Waals surface area contributed by atoms with Gasteiger partial charge in [0.15, 0.2) is 0 Å². The van der Waals surface area contributed by atoms with Gasteiger partial charge >= 0.3 is 6.19 Å². The molecule has 0 radical (unpaired) electrons. The zero-order valence-corrected chi connectivity index (χ0v) is 6.27. The average molecular weight is 150 g/mol. The smallest absolute Gasteiger partial charge is 0.394 e. The van der Waals surface area contributed by atoms with Gasteiger partial charge in [-0.15, -0.1) is 0 Å². The van der Waals surface area contributed by atoms with Crippen molar-refractivity contribution in [3.63, 3.8) is 0 Å². The monoisotopic (exact) mass is 150 g/mol. The fourth-order valence-electron chi connectivity index (χ4n) is 1.17. The first kappa shape index (κ1) is 6.31. The van der Waals surface area contributed by atoms with Crippen molar-refractivity contribution in [2.24, 2.45) is 0 Å². The van der Waals surface area contributed by atoms with Crippen LogP contribution in [0.5, 0.6) is 0 Å². The minimum absolute atomic E-state index is 0.281. The predicted octanol–water partition coefficient (Wildman–Crippen LogP) is 0.621. The van der Waals surface area contributed by atoms with Crippen LogP contribution in [0.3, 0.4) is 0 Å². The van der Waals surface area contributed by atoms with Crippen molar-refractivity contribution in [1.82, 2.24) is 0 Å². The van der Waals surface area contributed by atoms with E-state index in [0.717, 1.165) is 11.2 Å². The Kier molecular flexibility index (Phi) is 1.47. The standard InChI is InChI=1S/C7H7BOS/c9-8-7-4-2-1-3-6(7)5-10-8/h1-4,9H,5H2. The van der Waals surface area contributed by atoms with E-state index in [0.29, 0.717) is 0 Å². The van der Waals surface area contributed by atoms with E-state index in [1.807, 2.05) is 18.2 Å². The zero-order chi connectivity index (χ0) is 6.97. The normalized spacial score (nSPS) is 15.5. The van der Waals surface area contributed by atoms with Crippen molar-refractivity contribution < 1.29 is 5.02 Å². The lowest BCUT2D eigenvalue weighted by Crippen LogP contribution is -2.23. The highest BCUT2D eigenvalue weighted by atomic mass is 32.2. The van der Waals surface area contributed by atoms with Crippen LogP contribution in [0.2, 0.25) is 0 Å². The molecule has 0 spiro atoms. The van der Waals surface area contributed by atoms with Gasteiger partial charge in [-0.05, 0) is 11.0 Å². The Balaban J connectivity index is 2.51. The lowest BCUT2D eigenvalue weighted by atomic mass is 9.84. The van der Waals surface area contributed by atoms with Gasteiger partial charge in [0.2, 0.25) is 0 Å². The highest BCUT2D eigenvalue weighted by molar-refractivity contribution is 8.25. The van der Waals surface area contributed by atoms with Crippen LogP contribution in [0.1, 0.15) is 5.56 Å². The molecule has 1 N–H and O–H groups in total. The maximum atomic E-state index is 9.34. The molecule has 0 saturated heterocycles. The van der Waals surface area contributed by atoms with E-state index < -0.39 is 0 Å². The molecule has 10 heavy (non-hydrogen) atoms. The van der Waals surface area contributed by atoms with E-state index in [1.54, 1.807) is 11.6 Å². The third kappa shape index (κ3) is 0.860. The largest absolute Gasteiger partial charge is 0.438 e. The SMILES string of the molecule is OB1SCc2ccccc21. The number of hydrogen-bond donors (Lipinski definition) is 1. The number of hydrogen-bond acceptors (Lipinski definition) is 2. The second-order valence-corrected chi connectivity index (χ2v) is 3.43. The molecule has 0 unspecified atom stereocenters. The first-order valence-corrected chi connectivity index (χ1v) is 4.30. The van der Waals surface area contributed by atoms with Crippen LogP contribution < -0.4 is 5.46 Å². The summed E-state index contributed by atoms with van der Waals surface area (Å²) in [7, 11) is 0. The van der Waals surface area contributed by atoms with Crippen LogP contribution in [0.15, 0.2) is 24.3 Å². The summed E-state index contributed by atoms with van der Waals surface area (Å²) in [5.74, 6) is 0.956. The Morgan fingerprint density at radius 2 is 2.20 bits per heavy atom. The van der Waals surface area contributed by atoms with E-state index in [9.17, 15) is 5.02 Å². The maximum absolute atomic E-state index is 9.34. The minimum atomic E-state index is -0.281. The summed E-state index contributed by atoms with van der Waals surface area (Å²) in [6.07, 6.45) is -0.281. The van der Waals surface area contributed by atoms with Crippen molar-refractivity contribution in [2.45, 2.75) is 5.75 Å². The molecule has 2 rings (SSSR count). The molecule has 0 bridgehead atoms. The summed E-state index contributed by atoms with van der Waals surface area (Å²) in [5.41, 5.74) is 2.37. The summed E-state index contributed by atoms with van der Waals surface area (Å²) in [5, 5.41) is 9.34. The Bertz CT molecular complexity index is 251. The predicted molar refractivity (Wildman–Crippen MR) is 45.3 cm³/mol. The van der Waals surface area contributed by atoms with Gasteiger partial charge in [-0.3, -0.25) is 0 Å². The molecule has 1 heterocycles. The second-order valence-electron chi connectivity index (χ2n) is 2.36. The van der Waals surface area contributed by atoms with E-state index in [1.165, 1.54) is 5.56 Å². The molecule has 1 aliphatic rings. The van der Waals surface area contributed by atoms with E-state index in [-0.39, 0.29) is 6.19 Å². The highest BCUT2D eigenvalue weighted by Gasteiger charge is 2.24. The lowest BCUT2D eigenvalue weighted by molar-refractivity contribution is 0.609. The molecule has 0 aliphatic carbocycles. The van der Waals surface area contributed by atoms with Crippen LogP contribution in [-0.4, -0.2) is 11.2 Å². The zero-order valence-electron chi connectivity index (χ0n) is 5.45. The summed E-state index contributed by atoms with van der Waals surface area (Å²) in [4.78, 5) is 0. The van der Waals surface area contributed by atoms with Gasteiger partial charge in [0.1, 0.15) is 0 Å². The quantitative estimate of drug-likeness (QED) is 0.547. The number of benzene rings is 1. The first-order valence-electron chi connectivity index (χ1n) is 3.25. The third-order valence-electron chi connectivity index (χ3n) is 1.72. The molecule has 1 aromatic rings. The fraction of sp³-hybridized carbons (Fsp3) is 0.143. The van der Waals surface area contributed by atoms with Crippen molar-refractivity contribution >= 4 is 23.3 Å². The van der Waals surface area contributed by atoms with Gasteiger partial charge in [0.25, 0.3) is 0 Å². The van der Waals surface area contributed by atoms with Crippen molar-refractivity contribution in [1.29, 1.82) is 0 Å². The van der Waals surface area contributed by atoms with Crippen molar-refractivity contribution in [3.8, 4) is 0 Å². The summed E-state index contributed by atoms with van der Waals surface area (Å²) in [6, 6.07) is 8.03. The van der Waals surface area contributed by atoms with Gasteiger partial charge in [-0.1, -0.05) is 24.3 Å². The van der Waals surface area contributed by atoms with E-state index in [4.69, 9.17) is 0 Å². The lowest BCUT2D eigenvalue weighted by Gasteiger charge is -1.95. The van der Waals surface area contributed by atoms with Crippen LogP contribution >= 0.6 is 11.6 Å². The molecule has 1 aromatic carbocycles. The second kappa shape index (κ2) is 2.33. The van der Waals surface area contributed by atoms with Crippen molar-refractivity contribution in [3.05, 3.63) is 29.8 Å². The topological polar surface area (TPSA) is 20.2 Å². The van der Waals surface area contributed by atoms with Gasteiger partial charge in [-0.25, -0.2) is 0 Å². The molecule has 0 atom stereocenters. The fourth-order valence-corrected chi connectivity index (χ4v) is 2.17. The minimum Gasteiger partial charge on any atom is -0.438 e. The van der Waals surface area contributed by atoms with Crippen LogP contribution in [0.4, 0.5) is 0 Å². The molecule has 0 aromatic heterocycles. The van der Waals surface area contributed by atoms with Gasteiger partial charge in [0.05, 0.1) is 0 Å². The van der Waals surface area contributed by atoms with Crippen LogP contribution in [-0.2, 0) is 5.75 Å². The first-order chi connectivity index (χ1) is 4.88. The van der Waals surface area contributed by atoms with Gasteiger partial charge in [-0.2, -0.15) is 11.6 Å². The van der Waals surface area contributed by atoms with Gasteiger partial charge in [0, 0.05) is 5.75 Å². The molecular formula is C7H7BOS. The summed E-state index contributed by atoms with van der Waals surface area (Å²) < 4.78 is 0. The molecule has 0 fully saturated rings. The van der Waals surface area contributed by atoms with Crippen molar-refractivity contribution in [2.75, 3.05) is 0 Å². The molecule has 1 aliphatic heterocycles. The van der Waals surface area contributed by atoms with Crippen LogP contribution in [0, 0.1) is 0 Å².